The number of benzene rings is 2. The molecule has 0 aliphatic carbocycles. The first-order valence-corrected chi connectivity index (χ1v) is 8.64. The lowest BCUT2D eigenvalue weighted by Gasteiger charge is -2.28. The van der Waals surface area contributed by atoms with Crippen molar-refractivity contribution in [3.8, 4) is 5.75 Å². The van der Waals surface area contributed by atoms with Gasteiger partial charge in [-0.25, -0.2) is 9.59 Å². The summed E-state index contributed by atoms with van der Waals surface area (Å²) in [6.07, 6.45) is 1.47. The highest BCUT2D eigenvalue weighted by atomic mass is 16.5. The van der Waals surface area contributed by atoms with E-state index in [0.717, 1.165) is 28.5 Å². The van der Waals surface area contributed by atoms with Gasteiger partial charge in [-0.15, -0.1) is 0 Å². The summed E-state index contributed by atoms with van der Waals surface area (Å²) < 4.78 is 5.32. The van der Waals surface area contributed by atoms with E-state index in [2.05, 4.69) is 5.32 Å². The number of fused-ring (bicyclic) bond motifs is 1. The van der Waals surface area contributed by atoms with Crippen molar-refractivity contribution in [2.45, 2.75) is 18.4 Å². The lowest BCUT2D eigenvalue weighted by atomic mass is 9.80. The standard InChI is InChI=1S/C21H21NO5/c1-27-15-7-8-16-14(11-15)9-10-22-20(17(21(25)26)12-18(23)24)19(16)13-5-3-2-4-6-13/h2-8,11-12,19-20,22H,9-10H2,1H3,(H,23,24)(H,25,26)/b17-12+. The van der Waals surface area contributed by atoms with Gasteiger partial charge in [0.2, 0.25) is 0 Å². The van der Waals surface area contributed by atoms with E-state index in [1.165, 1.54) is 0 Å². The summed E-state index contributed by atoms with van der Waals surface area (Å²) in [5.41, 5.74) is 2.77. The Kier molecular flexibility index (Phi) is 5.57. The molecule has 2 unspecified atom stereocenters. The number of hydrogen-bond donors (Lipinski definition) is 3. The van der Waals surface area contributed by atoms with Gasteiger partial charge >= 0.3 is 11.9 Å². The quantitative estimate of drug-likeness (QED) is 0.703. The van der Waals surface area contributed by atoms with Crippen molar-refractivity contribution in [3.63, 3.8) is 0 Å². The summed E-state index contributed by atoms with van der Waals surface area (Å²) in [5, 5.41) is 22.1. The molecule has 3 rings (SSSR count). The van der Waals surface area contributed by atoms with Crippen molar-refractivity contribution in [2.75, 3.05) is 13.7 Å². The average Bonchev–Trinajstić information content (AvgIpc) is 2.85. The van der Waals surface area contributed by atoms with Crippen molar-refractivity contribution in [2.24, 2.45) is 0 Å². The van der Waals surface area contributed by atoms with Gasteiger partial charge in [-0.1, -0.05) is 36.4 Å². The first kappa shape index (κ1) is 18.7. The van der Waals surface area contributed by atoms with Crippen molar-refractivity contribution in [1.29, 1.82) is 0 Å². The number of methoxy groups -OCH3 is 1. The molecule has 1 aliphatic heterocycles. The fourth-order valence-electron chi connectivity index (χ4n) is 3.63. The second kappa shape index (κ2) is 8.05. The van der Waals surface area contributed by atoms with Crippen LogP contribution in [0.2, 0.25) is 0 Å². The molecule has 2 aromatic rings. The van der Waals surface area contributed by atoms with E-state index in [9.17, 15) is 19.8 Å². The van der Waals surface area contributed by atoms with Crippen molar-refractivity contribution >= 4 is 11.9 Å². The molecule has 0 bridgehead atoms. The number of hydrogen-bond acceptors (Lipinski definition) is 4. The van der Waals surface area contributed by atoms with Gasteiger partial charge in [-0.05, 0) is 41.8 Å². The predicted octanol–water partition coefficient (Wildman–Crippen LogP) is 2.44. The Balaban J connectivity index is 2.20. The minimum atomic E-state index is -1.28. The number of nitrogens with one attached hydrogen (secondary N) is 1. The first-order valence-electron chi connectivity index (χ1n) is 8.64. The van der Waals surface area contributed by atoms with E-state index < -0.39 is 18.0 Å². The zero-order chi connectivity index (χ0) is 19.4. The normalized spacial score (nSPS) is 19.7. The Labute approximate surface area is 157 Å². The first-order chi connectivity index (χ1) is 13.0. The SMILES string of the molecule is COc1ccc2c(c1)CCNC(/C(=C\C(=O)O)C(=O)O)C2c1ccccc1. The van der Waals surface area contributed by atoms with Gasteiger partial charge in [0.25, 0.3) is 0 Å². The van der Waals surface area contributed by atoms with Crippen LogP contribution in [0, 0.1) is 0 Å². The average molecular weight is 367 g/mol. The summed E-state index contributed by atoms with van der Waals surface area (Å²) >= 11 is 0. The molecule has 0 radical (unpaired) electrons. The highest BCUT2D eigenvalue weighted by Crippen LogP contribution is 2.37. The zero-order valence-electron chi connectivity index (χ0n) is 14.9. The van der Waals surface area contributed by atoms with Crippen LogP contribution in [0.15, 0.2) is 60.2 Å². The molecule has 0 fully saturated rings. The third-order valence-corrected chi connectivity index (χ3v) is 4.80. The highest BCUT2D eigenvalue weighted by molar-refractivity contribution is 5.96. The highest BCUT2D eigenvalue weighted by Gasteiger charge is 2.34. The van der Waals surface area contributed by atoms with E-state index in [1.807, 2.05) is 48.5 Å². The van der Waals surface area contributed by atoms with Crippen molar-refractivity contribution < 1.29 is 24.5 Å². The maximum Gasteiger partial charge on any atom is 0.333 e. The Morgan fingerprint density at radius 1 is 1.15 bits per heavy atom. The minimum absolute atomic E-state index is 0.167. The molecule has 0 saturated carbocycles. The monoisotopic (exact) mass is 367 g/mol. The van der Waals surface area contributed by atoms with Gasteiger partial charge in [0.05, 0.1) is 18.7 Å². The van der Waals surface area contributed by atoms with Gasteiger partial charge in [0.1, 0.15) is 5.75 Å². The lowest BCUT2D eigenvalue weighted by Crippen LogP contribution is -2.39. The Hall–Kier alpha value is -3.12. The number of carboxylic acids is 2. The van der Waals surface area contributed by atoms with Crippen LogP contribution < -0.4 is 10.1 Å². The minimum Gasteiger partial charge on any atom is -0.497 e. The number of rotatable bonds is 5. The summed E-state index contributed by atoms with van der Waals surface area (Å²) in [6.45, 7) is 0.526. The predicted molar refractivity (Wildman–Crippen MR) is 100 cm³/mol. The Morgan fingerprint density at radius 2 is 1.89 bits per heavy atom. The van der Waals surface area contributed by atoms with Crippen LogP contribution in [0.5, 0.6) is 5.75 Å². The fraction of sp³-hybridized carbons (Fsp3) is 0.238. The van der Waals surface area contributed by atoms with Crippen LogP contribution in [-0.4, -0.2) is 41.8 Å². The molecule has 1 heterocycles. The summed E-state index contributed by atoms with van der Waals surface area (Å²) in [4.78, 5) is 23.1. The van der Waals surface area contributed by atoms with E-state index in [4.69, 9.17) is 4.74 Å². The molecule has 0 aromatic heterocycles. The van der Waals surface area contributed by atoms with Gasteiger partial charge in [0, 0.05) is 12.0 Å². The molecule has 6 nitrogen and oxygen atoms in total. The molecule has 0 saturated heterocycles. The van der Waals surface area contributed by atoms with Crippen LogP contribution in [0.4, 0.5) is 0 Å². The van der Waals surface area contributed by atoms with E-state index in [1.54, 1.807) is 7.11 Å². The van der Waals surface area contributed by atoms with E-state index in [0.29, 0.717) is 13.0 Å². The summed E-state index contributed by atoms with van der Waals surface area (Å²) in [6, 6.07) is 14.6. The van der Waals surface area contributed by atoms with Crippen LogP contribution in [0.1, 0.15) is 22.6 Å². The lowest BCUT2D eigenvalue weighted by molar-refractivity contribution is -0.135. The van der Waals surface area contributed by atoms with Crippen molar-refractivity contribution in [1.82, 2.24) is 5.32 Å². The number of carbonyl (C=O) groups is 2. The van der Waals surface area contributed by atoms with Crippen LogP contribution in [-0.2, 0) is 16.0 Å². The summed E-state index contributed by atoms with van der Waals surface area (Å²) in [5.74, 6) is -2.12. The Morgan fingerprint density at radius 3 is 2.52 bits per heavy atom. The topological polar surface area (TPSA) is 95.9 Å². The molecule has 2 aromatic carbocycles. The number of ether oxygens (including phenoxy) is 1. The molecule has 6 heteroatoms. The maximum atomic E-state index is 11.8. The summed E-state index contributed by atoms with van der Waals surface area (Å²) in [7, 11) is 1.60. The smallest absolute Gasteiger partial charge is 0.333 e. The molecule has 3 N–H and O–H groups in total. The van der Waals surface area contributed by atoms with Crippen LogP contribution >= 0.6 is 0 Å². The Bertz CT molecular complexity index is 875. The molecular weight excluding hydrogens is 346 g/mol. The van der Waals surface area contributed by atoms with Gasteiger partial charge in [-0.3, -0.25) is 0 Å². The van der Waals surface area contributed by atoms with Crippen LogP contribution in [0.3, 0.4) is 0 Å². The number of aliphatic carboxylic acids is 2. The van der Waals surface area contributed by atoms with Gasteiger partial charge in [0.15, 0.2) is 0 Å². The van der Waals surface area contributed by atoms with Crippen molar-refractivity contribution in [3.05, 3.63) is 76.9 Å². The fourth-order valence-corrected chi connectivity index (χ4v) is 3.63. The molecule has 1 aliphatic rings. The van der Waals surface area contributed by atoms with E-state index >= 15 is 0 Å². The number of carboxylic acid groups (broad SMARTS) is 2. The molecular formula is C21H21NO5. The molecule has 0 amide bonds. The zero-order valence-corrected chi connectivity index (χ0v) is 14.9. The molecule has 27 heavy (non-hydrogen) atoms. The molecule has 2 atom stereocenters. The van der Waals surface area contributed by atoms with Crippen LogP contribution in [0.25, 0.3) is 0 Å². The largest absolute Gasteiger partial charge is 0.497 e. The van der Waals surface area contributed by atoms with E-state index in [-0.39, 0.29) is 11.5 Å². The second-order valence-electron chi connectivity index (χ2n) is 6.38. The molecule has 0 spiro atoms. The maximum absolute atomic E-state index is 11.8. The second-order valence-corrected chi connectivity index (χ2v) is 6.38. The third-order valence-electron chi connectivity index (χ3n) is 4.80. The van der Waals surface area contributed by atoms with Gasteiger partial charge < -0.3 is 20.3 Å². The molecule has 140 valence electrons. The third kappa shape index (κ3) is 4.01. The van der Waals surface area contributed by atoms with Gasteiger partial charge in [-0.2, -0.15) is 0 Å².